The van der Waals surface area contributed by atoms with Crippen molar-refractivity contribution < 1.29 is 0 Å². The summed E-state index contributed by atoms with van der Waals surface area (Å²) in [6.45, 7) is 10.7. The van der Waals surface area contributed by atoms with Crippen molar-refractivity contribution in [2.45, 2.75) is 31.3 Å². The zero-order valence-corrected chi connectivity index (χ0v) is 7.95. The molecule has 0 amide bonds. The van der Waals surface area contributed by atoms with Crippen LogP contribution in [0, 0.1) is 0 Å². The van der Waals surface area contributed by atoms with Gasteiger partial charge in [0.2, 0.25) is 0 Å². The van der Waals surface area contributed by atoms with Crippen LogP contribution in [0.3, 0.4) is 0 Å². The maximum absolute atomic E-state index is 2.53. The molecule has 1 fully saturated rings. The van der Waals surface area contributed by atoms with Crippen LogP contribution < -0.4 is 0 Å². The predicted molar refractivity (Wildman–Crippen MR) is 48.6 cm³/mol. The van der Waals surface area contributed by atoms with Crippen molar-refractivity contribution in [2.75, 3.05) is 19.6 Å². The molecular weight excluding hydrogens is 142 g/mol. The van der Waals surface area contributed by atoms with E-state index in [9.17, 15) is 0 Å². The summed E-state index contributed by atoms with van der Waals surface area (Å²) in [4.78, 5) is 2.53. The molecule has 1 aliphatic rings. The van der Waals surface area contributed by atoms with Gasteiger partial charge in [-0.15, -0.1) is 0 Å². The Labute approximate surface area is 68.2 Å². The Morgan fingerprint density at radius 3 is 2.20 bits per heavy atom. The Morgan fingerprint density at radius 2 is 1.80 bits per heavy atom. The Kier molecular flexibility index (Phi) is 3.05. The molecule has 0 N–H and O–H groups in total. The summed E-state index contributed by atoms with van der Waals surface area (Å²) in [5.74, 6) is 0. The van der Waals surface area contributed by atoms with Crippen LogP contribution in [0.15, 0.2) is 0 Å². The van der Waals surface area contributed by atoms with Crippen LogP contribution in [-0.4, -0.2) is 35.0 Å². The second-order valence-corrected chi connectivity index (χ2v) is 4.99. The predicted octanol–water partition coefficient (Wildman–Crippen LogP) is 1.83. The lowest BCUT2D eigenvalue weighted by Gasteiger charge is -2.33. The van der Waals surface area contributed by atoms with E-state index in [1.165, 1.54) is 19.6 Å². The highest BCUT2D eigenvalue weighted by molar-refractivity contribution is 8.00. The maximum atomic E-state index is 2.53. The van der Waals surface area contributed by atoms with Crippen molar-refractivity contribution in [2.24, 2.45) is 0 Å². The lowest BCUT2D eigenvalue weighted by molar-refractivity contribution is 0.285. The zero-order chi connectivity index (χ0) is 7.56. The third kappa shape index (κ3) is 2.17. The molecule has 1 heterocycles. The minimum Gasteiger partial charge on any atom is -0.301 e. The molecule has 0 bridgehead atoms. The number of rotatable bonds is 1. The first-order chi connectivity index (χ1) is 4.72. The normalized spacial score (nSPS) is 36.3. The van der Waals surface area contributed by atoms with Crippen molar-refractivity contribution in [1.29, 1.82) is 0 Å². The number of nitrogens with zero attached hydrogens (tertiary/aromatic N) is 1. The van der Waals surface area contributed by atoms with Crippen LogP contribution in [0.5, 0.6) is 0 Å². The topological polar surface area (TPSA) is 3.24 Å². The van der Waals surface area contributed by atoms with Crippen LogP contribution in [-0.2, 0) is 0 Å². The second-order valence-electron chi connectivity index (χ2n) is 3.11. The highest BCUT2D eigenvalue weighted by Crippen LogP contribution is 2.23. The molecular formula is C8H17NS. The van der Waals surface area contributed by atoms with Gasteiger partial charge in [-0.1, -0.05) is 20.8 Å². The molecule has 2 atom stereocenters. The Morgan fingerprint density at radius 1 is 1.30 bits per heavy atom. The van der Waals surface area contributed by atoms with Gasteiger partial charge in [0.25, 0.3) is 0 Å². The third-order valence-electron chi connectivity index (χ3n) is 1.94. The van der Waals surface area contributed by atoms with E-state index in [1.54, 1.807) is 0 Å². The van der Waals surface area contributed by atoms with Gasteiger partial charge in [0.05, 0.1) is 0 Å². The molecule has 1 aliphatic heterocycles. The van der Waals surface area contributed by atoms with Crippen LogP contribution in [0.4, 0.5) is 0 Å². The SMILES string of the molecule is CCN1CC(C)SC(C)C1. The van der Waals surface area contributed by atoms with E-state index in [0.29, 0.717) is 0 Å². The average molecular weight is 159 g/mol. The largest absolute Gasteiger partial charge is 0.301 e. The van der Waals surface area contributed by atoms with E-state index in [4.69, 9.17) is 0 Å². The quantitative estimate of drug-likeness (QED) is 0.574. The van der Waals surface area contributed by atoms with Crippen molar-refractivity contribution in [1.82, 2.24) is 4.90 Å². The zero-order valence-electron chi connectivity index (χ0n) is 7.13. The van der Waals surface area contributed by atoms with Gasteiger partial charge in [-0.25, -0.2) is 0 Å². The van der Waals surface area contributed by atoms with E-state index < -0.39 is 0 Å². The molecule has 0 aromatic carbocycles. The van der Waals surface area contributed by atoms with Crippen LogP contribution >= 0.6 is 11.8 Å². The van der Waals surface area contributed by atoms with Crippen molar-refractivity contribution >= 4 is 11.8 Å². The third-order valence-corrected chi connectivity index (χ3v) is 3.17. The lowest BCUT2D eigenvalue weighted by atomic mass is 10.3. The molecule has 0 aromatic heterocycles. The molecule has 0 saturated carbocycles. The molecule has 1 rings (SSSR count). The highest BCUT2D eigenvalue weighted by Gasteiger charge is 2.20. The lowest BCUT2D eigenvalue weighted by Crippen LogP contribution is -2.39. The van der Waals surface area contributed by atoms with Gasteiger partial charge in [-0.05, 0) is 6.54 Å². The van der Waals surface area contributed by atoms with Crippen LogP contribution in [0.25, 0.3) is 0 Å². The summed E-state index contributed by atoms with van der Waals surface area (Å²) in [7, 11) is 0. The van der Waals surface area contributed by atoms with E-state index in [1.807, 2.05) is 0 Å². The first-order valence-corrected chi connectivity index (χ1v) is 5.04. The molecule has 0 aliphatic carbocycles. The van der Waals surface area contributed by atoms with Gasteiger partial charge in [0.15, 0.2) is 0 Å². The second kappa shape index (κ2) is 3.63. The molecule has 0 spiro atoms. The number of thioether (sulfide) groups is 1. The molecule has 0 aromatic rings. The van der Waals surface area contributed by atoms with Crippen LogP contribution in [0.1, 0.15) is 20.8 Å². The molecule has 2 unspecified atom stereocenters. The van der Waals surface area contributed by atoms with Gasteiger partial charge >= 0.3 is 0 Å². The summed E-state index contributed by atoms with van der Waals surface area (Å²) in [5, 5.41) is 1.67. The van der Waals surface area contributed by atoms with E-state index in [2.05, 4.69) is 37.4 Å². The minimum atomic E-state index is 0.837. The molecule has 10 heavy (non-hydrogen) atoms. The monoisotopic (exact) mass is 159 g/mol. The molecule has 2 heteroatoms. The standard InChI is InChI=1S/C8H17NS/c1-4-9-5-7(2)10-8(3)6-9/h7-8H,4-6H2,1-3H3. The molecule has 0 radical (unpaired) electrons. The van der Waals surface area contributed by atoms with Gasteiger partial charge in [-0.2, -0.15) is 11.8 Å². The maximum Gasteiger partial charge on any atom is 0.0149 e. The first-order valence-electron chi connectivity index (χ1n) is 4.10. The molecule has 60 valence electrons. The van der Waals surface area contributed by atoms with Gasteiger partial charge in [0.1, 0.15) is 0 Å². The van der Waals surface area contributed by atoms with Crippen molar-refractivity contribution in [3.05, 3.63) is 0 Å². The fourth-order valence-electron chi connectivity index (χ4n) is 1.54. The summed E-state index contributed by atoms with van der Waals surface area (Å²) in [6.07, 6.45) is 0. The summed E-state index contributed by atoms with van der Waals surface area (Å²) in [5.41, 5.74) is 0. The van der Waals surface area contributed by atoms with Gasteiger partial charge < -0.3 is 4.90 Å². The van der Waals surface area contributed by atoms with Crippen LogP contribution in [0.2, 0.25) is 0 Å². The average Bonchev–Trinajstić information content (AvgIpc) is 1.85. The van der Waals surface area contributed by atoms with Crippen molar-refractivity contribution in [3.63, 3.8) is 0 Å². The Bertz CT molecular complexity index is 95.4. The highest BCUT2D eigenvalue weighted by atomic mass is 32.2. The molecule has 1 saturated heterocycles. The summed E-state index contributed by atoms with van der Waals surface area (Å²) in [6, 6.07) is 0. The molecule has 1 nitrogen and oxygen atoms in total. The minimum absolute atomic E-state index is 0.837. The van der Waals surface area contributed by atoms with E-state index in [0.717, 1.165) is 10.5 Å². The Balaban J connectivity index is 2.35. The fraction of sp³-hybridized carbons (Fsp3) is 1.00. The van der Waals surface area contributed by atoms with Gasteiger partial charge in [-0.3, -0.25) is 0 Å². The fourth-order valence-corrected chi connectivity index (χ4v) is 2.93. The number of hydrogen-bond donors (Lipinski definition) is 0. The summed E-state index contributed by atoms with van der Waals surface area (Å²) < 4.78 is 0. The van der Waals surface area contributed by atoms with E-state index in [-0.39, 0.29) is 0 Å². The smallest absolute Gasteiger partial charge is 0.0149 e. The van der Waals surface area contributed by atoms with Gasteiger partial charge in [0, 0.05) is 23.6 Å². The Hall–Kier alpha value is 0.310. The first kappa shape index (κ1) is 8.41. The van der Waals surface area contributed by atoms with E-state index >= 15 is 0 Å². The van der Waals surface area contributed by atoms with Crippen molar-refractivity contribution in [3.8, 4) is 0 Å². The summed E-state index contributed by atoms with van der Waals surface area (Å²) >= 11 is 2.12. The number of hydrogen-bond acceptors (Lipinski definition) is 2.